The Hall–Kier alpha value is -2.33. The van der Waals surface area contributed by atoms with E-state index in [1.807, 2.05) is 24.3 Å². The molecule has 0 amide bonds. The largest absolute Gasteiger partial charge is 0.493 e. The topological polar surface area (TPSA) is 35.5 Å². The zero-order valence-corrected chi connectivity index (χ0v) is 21.1. The van der Waals surface area contributed by atoms with Crippen LogP contribution in [-0.4, -0.2) is 44.3 Å². The van der Waals surface area contributed by atoms with E-state index < -0.39 is 0 Å². The molecule has 0 saturated heterocycles. The average molecular weight is 455 g/mol. The van der Waals surface area contributed by atoms with Crippen molar-refractivity contribution >= 4 is 5.97 Å². The predicted molar refractivity (Wildman–Crippen MR) is 136 cm³/mol. The van der Waals surface area contributed by atoms with Crippen LogP contribution in [0.3, 0.4) is 0 Å². The summed E-state index contributed by atoms with van der Waals surface area (Å²) in [6.45, 7) is 4.36. The number of nitrogens with zero attached hydrogens (tertiary/aromatic N) is 1. The van der Waals surface area contributed by atoms with Crippen molar-refractivity contribution in [2.45, 2.75) is 71.3 Å². The molecule has 0 spiro atoms. The molecule has 2 aromatic rings. The van der Waals surface area contributed by atoms with Gasteiger partial charge in [0.15, 0.2) is 6.54 Å². The Morgan fingerprint density at radius 1 is 0.788 bits per heavy atom. The molecule has 33 heavy (non-hydrogen) atoms. The minimum atomic E-state index is -0.160. The summed E-state index contributed by atoms with van der Waals surface area (Å²) >= 11 is 0. The van der Waals surface area contributed by atoms with Crippen molar-refractivity contribution < 1.29 is 18.8 Å². The van der Waals surface area contributed by atoms with Gasteiger partial charge in [0, 0.05) is 12.0 Å². The highest BCUT2D eigenvalue weighted by molar-refractivity contribution is 5.70. The summed E-state index contributed by atoms with van der Waals surface area (Å²) < 4.78 is 11.9. The standard InChI is InChI=1S/C29H44NO3/c1-4-5-6-7-8-9-11-16-26-19-14-20-28(23-26)32-21-15-22-33-29(31)25-30(2,3)24-27-17-12-10-13-18-27/h10,12-14,17-20,23H,4-9,11,15-16,21-22,24-25H2,1-3H3/q+1. The number of benzene rings is 2. The molecule has 0 aliphatic heterocycles. The highest BCUT2D eigenvalue weighted by atomic mass is 16.5. The molecule has 0 radical (unpaired) electrons. The second-order valence-electron chi connectivity index (χ2n) is 9.68. The predicted octanol–water partition coefficient (Wildman–Crippen LogP) is 6.57. The van der Waals surface area contributed by atoms with Crippen molar-refractivity contribution in [1.82, 2.24) is 0 Å². The number of carbonyl (C=O) groups excluding carboxylic acids is 1. The number of esters is 1. The Kier molecular flexibility index (Phi) is 12.6. The van der Waals surface area contributed by atoms with E-state index in [2.05, 4.69) is 51.4 Å². The maximum Gasteiger partial charge on any atom is 0.361 e. The van der Waals surface area contributed by atoms with Crippen molar-refractivity contribution in [3.63, 3.8) is 0 Å². The minimum absolute atomic E-state index is 0.160. The summed E-state index contributed by atoms with van der Waals surface area (Å²) in [5.74, 6) is 0.745. The smallest absolute Gasteiger partial charge is 0.361 e. The average Bonchev–Trinajstić information content (AvgIpc) is 2.78. The van der Waals surface area contributed by atoms with Crippen molar-refractivity contribution in [3.05, 3.63) is 65.7 Å². The molecular weight excluding hydrogens is 410 g/mol. The number of aryl methyl sites for hydroxylation is 1. The number of carbonyl (C=O) groups is 1. The van der Waals surface area contributed by atoms with Gasteiger partial charge in [-0.05, 0) is 30.5 Å². The van der Waals surface area contributed by atoms with Gasteiger partial charge in [-0.1, -0.05) is 87.9 Å². The zero-order valence-electron chi connectivity index (χ0n) is 21.1. The molecule has 0 atom stereocenters. The van der Waals surface area contributed by atoms with Gasteiger partial charge >= 0.3 is 5.97 Å². The monoisotopic (exact) mass is 454 g/mol. The zero-order chi connectivity index (χ0) is 23.8. The third-order valence-electron chi connectivity index (χ3n) is 5.80. The van der Waals surface area contributed by atoms with Crippen LogP contribution in [0.5, 0.6) is 5.75 Å². The second-order valence-corrected chi connectivity index (χ2v) is 9.68. The first-order valence-electron chi connectivity index (χ1n) is 12.7. The first-order valence-corrected chi connectivity index (χ1v) is 12.7. The van der Waals surface area contributed by atoms with Crippen molar-refractivity contribution in [1.29, 1.82) is 0 Å². The van der Waals surface area contributed by atoms with E-state index in [1.54, 1.807) is 0 Å². The van der Waals surface area contributed by atoms with Gasteiger partial charge in [0.1, 0.15) is 12.3 Å². The van der Waals surface area contributed by atoms with Gasteiger partial charge in [-0.3, -0.25) is 0 Å². The van der Waals surface area contributed by atoms with Gasteiger partial charge in [-0.2, -0.15) is 0 Å². The maximum atomic E-state index is 12.2. The molecule has 0 N–H and O–H groups in total. The van der Waals surface area contributed by atoms with Gasteiger partial charge in [0.05, 0.1) is 27.3 Å². The summed E-state index contributed by atoms with van der Waals surface area (Å²) in [6, 6.07) is 18.6. The van der Waals surface area contributed by atoms with Crippen LogP contribution in [0.15, 0.2) is 54.6 Å². The molecule has 0 unspecified atom stereocenters. The molecule has 2 rings (SSSR count). The number of ether oxygens (including phenoxy) is 2. The number of unbranched alkanes of at least 4 members (excludes halogenated alkanes) is 6. The molecule has 0 aromatic heterocycles. The molecule has 4 heteroatoms. The van der Waals surface area contributed by atoms with Gasteiger partial charge in [0.2, 0.25) is 0 Å². The van der Waals surface area contributed by atoms with E-state index in [4.69, 9.17) is 9.47 Å². The molecular formula is C29H44NO3+. The highest BCUT2D eigenvalue weighted by Crippen LogP contribution is 2.17. The third-order valence-corrected chi connectivity index (χ3v) is 5.80. The first kappa shape index (κ1) is 26.9. The second kappa shape index (κ2) is 15.5. The van der Waals surface area contributed by atoms with Crippen molar-refractivity contribution in [2.24, 2.45) is 0 Å². The van der Waals surface area contributed by atoms with Crippen molar-refractivity contribution in [3.8, 4) is 5.75 Å². The van der Waals surface area contributed by atoms with Gasteiger partial charge in [-0.25, -0.2) is 4.79 Å². The fourth-order valence-electron chi connectivity index (χ4n) is 4.04. The van der Waals surface area contributed by atoms with Crippen LogP contribution in [0.4, 0.5) is 0 Å². The van der Waals surface area contributed by atoms with Gasteiger partial charge in [-0.15, -0.1) is 0 Å². The summed E-state index contributed by atoms with van der Waals surface area (Å²) in [4.78, 5) is 12.2. The number of rotatable bonds is 17. The number of hydrogen-bond acceptors (Lipinski definition) is 3. The van der Waals surface area contributed by atoms with Gasteiger partial charge < -0.3 is 14.0 Å². The lowest BCUT2D eigenvalue weighted by molar-refractivity contribution is -0.896. The first-order chi connectivity index (χ1) is 16.0. The van der Waals surface area contributed by atoms with Crippen LogP contribution < -0.4 is 4.74 Å². The van der Waals surface area contributed by atoms with Crippen LogP contribution in [0.25, 0.3) is 0 Å². The third kappa shape index (κ3) is 12.5. The fraction of sp³-hybridized carbons (Fsp3) is 0.552. The van der Waals surface area contributed by atoms with E-state index in [-0.39, 0.29) is 5.97 Å². The van der Waals surface area contributed by atoms with E-state index in [1.165, 1.54) is 56.1 Å². The lowest BCUT2D eigenvalue weighted by Gasteiger charge is -2.28. The number of hydrogen-bond donors (Lipinski definition) is 0. The summed E-state index contributed by atoms with van der Waals surface area (Å²) in [5, 5.41) is 0. The molecule has 0 fully saturated rings. The van der Waals surface area contributed by atoms with E-state index >= 15 is 0 Å². The Balaban J connectivity index is 1.58. The van der Waals surface area contributed by atoms with Crippen molar-refractivity contribution in [2.75, 3.05) is 33.9 Å². The normalized spacial score (nSPS) is 11.4. The van der Waals surface area contributed by atoms with Crippen LogP contribution in [0, 0.1) is 0 Å². The fourth-order valence-corrected chi connectivity index (χ4v) is 4.04. The lowest BCUT2D eigenvalue weighted by atomic mass is 10.0. The molecule has 0 bridgehead atoms. The van der Waals surface area contributed by atoms with Crippen LogP contribution in [0.1, 0.15) is 69.4 Å². The molecule has 4 nitrogen and oxygen atoms in total. The molecule has 0 aliphatic carbocycles. The van der Waals surface area contributed by atoms with Crippen LogP contribution in [0.2, 0.25) is 0 Å². The Labute approximate surface area is 201 Å². The minimum Gasteiger partial charge on any atom is -0.493 e. The van der Waals surface area contributed by atoms with E-state index in [0.29, 0.717) is 30.7 Å². The summed E-state index contributed by atoms with van der Waals surface area (Å²) in [6.07, 6.45) is 11.1. The van der Waals surface area contributed by atoms with Gasteiger partial charge in [0.25, 0.3) is 0 Å². The Morgan fingerprint density at radius 3 is 2.24 bits per heavy atom. The summed E-state index contributed by atoms with van der Waals surface area (Å²) in [5.41, 5.74) is 2.56. The Morgan fingerprint density at radius 2 is 1.48 bits per heavy atom. The quantitative estimate of drug-likeness (QED) is 0.154. The molecule has 0 aliphatic rings. The highest BCUT2D eigenvalue weighted by Gasteiger charge is 2.21. The SMILES string of the molecule is CCCCCCCCCc1cccc(OCCCOC(=O)C[N+](C)(C)Cc2ccccc2)c1. The van der Waals surface area contributed by atoms with E-state index in [9.17, 15) is 4.79 Å². The number of likely N-dealkylation sites (N-methyl/N-ethyl adjacent to an activating group) is 1. The molecule has 182 valence electrons. The lowest BCUT2D eigenvalue weighted by Crippen LogP contribution is -2.43. The summed E-state index contributed by atoms with van der Waals surface area (Å²) in [7, 11) is 4.10. The van der Waals surface area contributed by atoms with Crippen LogP contribution in [-0.2, 0) is 22.5 Å². The maximum absolute atomic E-state index is 12.2. The van der Waals surface area contributed by atoms with Crippen LogP contribution >= 0.6 is 0 Å². The Bertz CT molecular complexity index is 788. The molecule has 0 heterocycles. The molecule has 2 aromatic carbocycles. The van der Waals surface area contributed by atoms with E-state index in [0.717, 1.165) is 18.7 Å². The molecule has 0 saturated carbocycles. The number of quaternary nitrogens is 1.